The lowest BCUT2D eigenvalue weighted by atomic mass is 9.61. The molecule has 7 rings (SSSR count). The molecule has 2 aromatic carbocycles. The predicted molar refractivity (Wildman–Crippen MR) is 156 cm³/mol. The normalized spacial score (nSPS) is 24.5. The Morgan fingerprint density at radius 2 is 1.88 bits per heavy atom. The first-order valence-corrected chi connectivity index (χ1v) is 15.1. The molecule has 1 amide bonds. The van der Waals surface area contributed by atoms with Crippen molar-refractivity contribution in [2.45, 2.75) is 94.2 Å². The molecule has 0 spiro atoms. The van der Waals surface area contributed by atoms with Gasteiger partial charge in [0.2, 0.25) is 0 Å². The van der Waals surface area contributed by atoms with E-state index in [0.717, 1.165) is 49.2 Å². The molecule has 2 heterocycles. The van der Waals surface area contributed by atoms with Crippen molar-refractivity contribution < 1.29 is 22.7 Å². The fourth-order valence-electron chi connectivity index (χ4n) is 6.97. The van der Waals surface area contributed by atoms with Crippen LogP contribution in [0.15, 0.2) is 36.7 Å². The number of nitrogens with one attached hydrogen (secondary N) is 2. The second-order valence-corrected chi connectivity index (χ2v) is 13.1. The Hall–Kier alpha value is -3.44. The summed E-state index contributed by atoms with van der Waals surface area (Å²) in [7, 11) is 3.60. The Morgan fingerprint density at radius 1 is 1.12 bits per heavy atom. The maximum atomic E-state index is 14.4. The second kappa shape index (κ2) is 10.1. The molecule has 3 aliphatic carbocycles. The lowest BCUT2D eigenvalue weighted by Gasteiger charge is -2.46. The minimum atomic E-state index is -4.58. The third kappa shape index (κ3) is 5.00. The van der Waals surface area contributed by atoms with Gasteiger partial charge in [0.1, 0.15) is 12.2 Å². The number of nitrogens with zero attached hydrogens (tertiary/aromatic N) is 4. The molecule has 3 fully saturated rings. The Morgan fingerprint density at radius 3 is 2.49 bits per heavy atom. The third-order valence-electron chi connectivity index (χ3n) is 9.94. The van der Waals surface area contributed by atoms with Crippen LogP contribution in [0.5, 0.6) is 0 Å². The number of fused-ring (bicyclic) bond motifs is 1. The number of carbonyl (C=O) groups excluding carboxylic acids is 1. The van der Waals surface area contributed by atoms with E-state index >= 15 is 0 Å². The number of anilines is 2. The van der Waals surface area contributed by atoms with Gasteiger partial charge < -0.3 is 24.8 Å². The first-order chi connectivity index (χ1) is 20.5. The van der Waals surface area contributed by atoms with Crippen molar-refractivity contribution in [2.24, 2.45) is 7.05 Å². The van der Waals surface area contributed by atoms with E-state index in [1.54, 1.807) is 19.5 Å². The number of hydrogen-bond donors (Lipinski definition) is 2. The van der Waals surface area contributed by atoms with Crippen molar-refractivity contribution in [3.05, 3.63) is 70.3 Å². The van der Waals surface area contributed by atoms with E-state index in [2.05, 4.69) is 33.8 Å². The second-order valence-electron chi connectivity index (χ2n) is 13.1. The lowest BCUT2D eigenvalue weighted by molar-refractivity contribution is -0.138. The molecule has 3 aromatic rings. The van der Waals surface area contributed by atoms with Crippen molar-refractivity contribution in [3.8, 4) is 0 Å². The third-order valence-corrected chi connectivity index (χ3v) is 9.94. The predicted octanol–water partition coefficient (Wildman–Crippen LogP) is 5.70. The van der Waals surface area contributed by atoms with E-state index in [9.17, 15) is 18.0 Å². The molecule has 2 N–H and O–H groups in total. The minimum absolute atomic E-state index is 0.0318. The summed E-state index contributed by atoms with van der Waals surface area (Å²) in [6.45, 7) is 2.23. The van der Waals surface area contributed by atoms with E-state index in [4.69, 9.17) is 4.74 Å². The van der Waals surface area contributed by atoms with Gasteiger partial charge in [0, 0.05) is 49.2 Å². The zero-order valence-electron chi connectivity index (χ0n) is 24.7. The van der Waals surface area contributed by atoms with Crippen molar-refractivity contribution in [1.82, 2.24) is 20.1 Å². The summed E-state index contributed by atoms with van der Waals surface area (Å²) >= 11 is 0. The van der Waals surface area contributed by atoms with Gasteiger partial charge in [-0.3, -0.25) is 4.79 Å². The van der Waals surface area contributed by atoms with Crippen LogP contribution in [0.1, 0.15) is 90.3 Å². The van der Waals surface area contributed by atoms with Crippen LogP contribution in [0.2, 0.25) is 0 Å². The molecule has 228 valence electrons. The van der Waals surface area contributed by atoms with Crippen molar-refractivity contribution in [1.29, 1.82) is 0 Å². The summed E-state index contributed by atoms with van der Waals surface area (Å²) in [5.74, 6) is 0.380. The molecule has 0 radical (unpaired) electrons. The quantitative estimate of drug-likeness (QED) is 0.331. The van der Waals surface area contributed by atoms with Crippen molar-refractivity contribution >= 4 is 17.3 Å². The summed E-state index contributed by atoms with van der Waals surface area (Å²) in [6.07, 6.45) is 3.70. The SMILES string of the molecule is CO[C@H]1C[C@](c2cc(NC3CC3)cc(N3Cc4c(cc(CNC5(C)CCC5)cc4C(F)(F)F)C3=O)c2)(c2nncn2C)C1. The highest BCUT2D eigenvalue weighted by Crippen LogP contribution is 2.51. The average molecular weight is 595 g/mol. The number of amides is 1. The van der Waals surface area contributed by atoms with Crippen LogP contribution in [0, 0.1) is 0 Å². The number of hydrogen-bond acceptors (Lipinski definition) is 6. The van der Waals surface area contributed by atoms with Gasteiger partial charge in [-0.1, -0.05) is 0 Å². The number of benzene rings is 2. The van der Waals surface area contributed by atoms with Gasteiger partial charge in [0.05, 0.1) is 23.6 Å². The van der Waals surface area contributed by atoms with E-state index in [1.807, 2.05) is 23.7 Å². The van der Waals surface area contributed by atoms with Crippen LogP contribution in [-0.2, 0) is 36.5 Å². The molecule has 0 bridgehead atoms. The molecule has 1 aromatic heterocycles. The van der Waals surface area contributed by atoms with Crippen molar-refractivity contribution in [2.75, 3.05) is 17.3 Å². The number of halogens is 3. The molecular weight excluding hydrogens is 557 g/mol. The molecule has 0 saturated heterocycles. The van der Waals surface area contributed by atoms with Gasteiger partial charge in [0.15, 0.2) is 0 Å². The maximum absolute atomic E-state index is 14.4. The number of aromatic nitrogens is 3. The van der Waals surface area contributed by atoms with Crippen LogP contribution >= 0.6 is 0 Å². The number of alkyl halides is 3. The Bertz CT molecular complexity index is 1570. The van der Waals surface area contributed by atoms with E-state index in [1.165, 1.54) is 11.0 Å². The molecular formula is C32H37F3N6O2. The monoisotopic (exact) mass is 594 g/mol. The number of methoxy groups -OCH3 is 1. The number of aryl methyl sites for hydroxylation is 1. The summed E-state index contributed by atoms with van der Waals surface area (Å²) in [5, 5.41) is 15.5. The Labute approximate surface area is 249 Å². The molecule has 3 saturated carbocycles. The highest BCUT2D eigenvalue weighted by atomic mass is 19.4. The molecule has 0 atom stereocenters. The van der Waals surface area contributed by atoms with Crippen LogP contribution < -0.4 is 15.5 Å². The fraction of sp³-hybridized carbons (Fsp3) is 0.531. The Kier molecular flexibility index (Phi) is 6.63. The first kappa shape index (κ1) is 28.3. The fourth-order valence-corrected chi connectivity index (χ4v) is 6.97. The highest BCUT2D eigenvalue weighted by Gasteiger charge is 2.51. The maximum Gasteiger partial charge on any atom is 0.416 e. The topological polar surface area (TPSA) is 84.3 Å². The van der Waals surface area contributed by atoms with E-state index in [-0.39, 0.29) is 35.9 Å². The lowest BCUT2D eigenvalue weighted by Crippen LogP contribution is -2.48. The van der Waals surface area contributed by atoms with Gasteiger partial charge in [-0.25, -0.2) is 0 Å². The molecule has 1 aliphatic heterocycles. The van der Waals surface area contributed by atoms with Gasteiger partial charge >= 0.3 is 6.18 Å². The number of rotatable bonds is 9. The van der Waals surface area contributed by atoms with Gasteiger partial charge in [0.25, 0.3) is 5.91 Å². The highest BCUT2D eigenvalue weighted by molar-refractivity contribution is 6.10. The standard InChI is InChI=1S/C32H37F3N6O2/c1-30(7-4-8-30)36-16-19-9-25-26(27(10-19)32(33,34)35)17-41(28(25)42)23-12-20(11-22(13-23)38-21-5-6-21)31(14-24(15-31)43-3)29-39-37-18-40(29)2/h9-13,18,21,24,36,38H,4-8,14-17H2,1-3H3/t24-,31-. The van der Waals surface area contributed by atoms with Crippen LogP contribution in [0.4, 0.5) is 24.5 Å². The molecule has 8 nitrogen and oxygen atoms in total. The van der Waals surface area contributed by atoms with E-state index < -0.39 is 23.1 Å². The zero-order valence-corrected chi connectivity index (χ0v) is 24.7. The first-order valence-electron chi connectivity index (χ1n) is 15.1. The Balaban J connectivity index is 1.28. The average Bonchev–Trinajstić information content (AvgIpc) is 3.54. The smallest absolute Gasteiger partial charge is 0.382 e. The molecule has 43 heavy (non-hydrogen) atoms. The zero-order chi connectivity index (χ0) is 30.1. The summed E-state index contributed by atoms with van der Waals surface area (Å²) in [6, 6.07) is 9.11. The largest absolute Gasteiger partial charge is 0.416 e. The summed E-state index contributed by atoms with van der Waals surface area (Å²) in [4.78, 5) is 15.4. The molecule has 0 unspecified atom stereocenters. The van der Waals surface area contributed by atoms with Gasteiger partial charge in [-0.2, -0.15) is 13.2 Å². The van der Waals surface area contributed by atoms with Crippen molar-refractivity contribution in [3.63, 3.8) is 0 Å². The van der Waals surface area contributed by atoms with Gasteiger partial charge in [-0.05, 0) is 98.9 Å². The van der Waals surface area contributed by atoms with Crippen LogP contribution in [-0.4, -0.2) is 45.5 Å². The van der Waals surface area contributed by atoms with Crippen LogP contribution in [0.25, 0.3) is 0 Å². The summed E-state index contributed by atoms with van der Waals surface area (Å²) < 4.78 is 50.7. The number of ether oxygens (including phenoxy) is 1. The van der Waals surface area contributed by atoms with Crippen LogP contribution in [0.3, 0.4) is 0 Å². The summed E-state index contributed by atoms with van der Waals surface area (Å²) in [5.41, 5.74) is 1.68. The van der Waals surface area contributed by atoms with E-state index in [0.29, 0.717) is 30.1 Å². The minimum Gasteiger partial charge on any atom is -0.382 e. The number of carbonyl (C=O) groups is 1. The van der Waals surface area contributed by atoms with Gasteiger partial charge in [-0.15, -0.1) is 10.2 Å². The molecule has 4 aliphatic rings. The molecule has 11 heteroatoms.